The van der Waals surface area contributed by atoms with Crippen LogP contribution in [0.3, 0.4) is 0 Å². The third-order valence-electron chi connectivity index (χ3n) is 19.7. The number of Topliss-reactive ketones (excluding diaryl/α,β-unsaturated/α-hetero) is 2. The van der Waals surface area contributed by atoms with Crippen LogP contribution in [0.1, 0.15) is 95.9 Å². The fraction of sp³-hybridized carbons (Fsp3) is 0.395. The highest BCUT2D eigenvalue weighted by atomic mass is 35.5. The molecule has 8 aromatic carbocycles. The molecule has 32 heteroatoms. The van der Waals surface area contributed by atoms with E-state index in [9.17, 15) is 74.7 Å². The molecule has 0 saturated carbocycles. The summed E-state index contributed by atoms with van der Waals surface area (Å²) >= 11 is 33.1. The van der Waals surface area contributed by atoms with Crippen molar-refractivity contribution in [1.82, 2.24) is 0 Å². The van der Waals surface area contributed by atoms with Gasteiger partial charge in [0, 0.05) is 0 Å². The SMILES string of the molecule is O=C(CCl)[C@@H]1CCc2cc(F)ccc2O1.O=C(CCl)[C@H]1CCc2cc(F)ccc2O1.O=C(O)[C@@H]1CCc2cc(F)ccc2O1.O=C(O)[C@H]1CCc2cc(F)ccc2O1.O[C@@H](CCl)[C@@H]1CCc2cc(F)ccc2O1.O[C@H](CCl)[C@@H]1CCc2cc(F)ccc2O1.O[C@H](CCl)[C@H]1CCc2cc(F)ccc2O1.O[C@H](CCl)[C@H]1CCc2cc(F)ccc2O1. The summed E-state index contributed by atoms with van der Waals surface area (Å²) in [5.41, 5.74) is 6.52. The van der Waals surface area contributed by atoms with Gasteiger partial charge in [-0.3, -0.25) is 9.59 Å². The first kappa shape index (κ1) is 93.3. The van der Waals surface area contributed by atoms with Crippen molar-refractivity contribution in [2.75, 3.05) is 35.3 Å². The van der Waals surface area contributed by atoms with Gasteiger partial charge in [-0.1, -0.05) is 0 Å². The number of carboxylic acid groups (broad SMARTS) is 2. The van der Waals surface area contributed by atoms with Crippen LogP contribution in [-0.4, -0.2) is 163 Å². The highest BCUT2D eigenvalue weighted by molar-refractivity contribution is 6.28. The minimum Gasteiger partial charge on any atom is -0.487 e. The van der Waals surface area contributed by atoms with Crippen LogP contribution in [0, 0.1) is 46.5 Å². The van der Waals surface area contributed by atoms with E-state index in [1.54, 1.807) is 36.4 Å². The summed E-state index contributed by atoms with van der Waals surface area (Å²) < 4.78 is 146. The molecular weight excluding hydrogens is 1690 g/mol. The Bertz CT molecular complexity index is 4260. The van der Waals surface area contributed by atoms with Crippen molar-refractivity contribution < 1.29 is 123 Å². The first-order valence-corrected chi connectivity index (χ1v) is 41.0. The molecule has 8 aromatic rings. The first-order valence-electron chi connectivity index (χ1n) is 37.8. The van der Waals surface area contributed by atoms with E-state index in [1.807, 2.05) is 0 Å². The third kappa shape index (κ3) is 27.2. The van der Waals surface area contributed by atoms with Gasteiger partial charge in [0.25, 0.3) is 0 Å². The number of aryl methyl sites for hydroxylation is 8. The molecule has 6 N–H and O–H groups in total. The van der Waals surface area contributed by atoms with Gasteiger partial charge >= 0.3 is 11.9 Å². The molecule has 8 aliphatic heterocycles. The van der Waals surface area contributed by atoms with Gasteiger partial charge < -0.3 is 68.5 Å². The van der Waals surface area contributed by atoms with Crippen molar-refractivity contribution >= 4 is 93.1 Å². The summed E-state index contributed by atoms with van der Waals surface area (Å²) in [6, 6.07) is 34.6. The van der Waals surface area contributed by atoms with Crippen molar-refractivity contribution in [2.24, 2.45) is 0 Å². The molecule has 118 heavy (non-hydrogen) atoms. The Labute approximate surface area is 705 Å². The highest BCUT2D eigenvalue weighted by Gasteiger charge is 2.33. The van der Waals surface area contributed by atoms with Gasteiger partial charge in [0.05, 0.1) is 35.3 Å². The fourth-order valence-electron chi connectivity index (χ4n) is 13.4. The molecule has 12 atom stereocenters. The van der Waals surface area contributed by atoms with E-state index in [1.165, 1.54) is 109 Å². The zero-order chi connectivity index (χ0) is 85.3. The van der Waals surface area contributed by atoms with E-state index in [4.69, 9.17) is 118 Å². The molecule has 0 fully saturated rings. The summed E-state index contributed by atoms with van der Waals surface area (Å²) in [4.78, 5) is 43.9. The summed E-state index contributed by atoms with van der Waals surface area (Å²) in [6.07, 6.45) is 3.57. The molecule has 18 nitrogen and oxygen atoms in total. The number of ketones is 2. The zero-order valence-corrected chi connectivity index (χ0v) is 67.8. The molecule has 0 aromatic heterocycles. The minimum atomic E-state index is -0.972. The number of carboxylic acids is 2. The number of hydrogen-bond donors (Lipinski definition) is 6. The van der Waals surface area contributed by atoms with Crippen LogP contribution in [-0.2, 0) is 70.5 Å². The molecular formula is C86H86Cl6F8O18. The maximum Gasteiger partial charge on any atom is 0.344 e. The number of halogens is 14. The van der Waals surface area contributed by atoms with E-state index < -0.39 is 60.8 Å². The van der Waals surface area contributed by atoms with Gasteiger partial charge in [-0.15, -0.1) is 69.6 Å². The molecule has 0 aliphatic carbocycles. The molecule has 0 bridgehead atoms. The number of ether oxygens (including phenoxy) is 8. The second-order valence-corrected chi connectivity index (χ2v) is 29.9. The van der Waals surface area contributed by atoms with Crippen LogP contribution in [0.25, 0.3) is 0 Å². The number of hydrogen-bond acceptors (Lipinski definition) is 16. The number of aliphatic hydroxyl groups is 4. The van der Waals surface area contributed by atoms with E-state index >= 15 is 0 Å². The van der Waals surface area contributed by atoms with Gasteiger partial charge in [-0.05, 0) is 293 Å². The van der Waals surface area contributed by atoms with E-state index in [2.05, 4.69) is 0 Å². The highest BCUT2D eigenvalue weighted by Crippen LogP contribution is 2.37. The molecule has 636 valence electrons. The van der Waals surface area contributed by atoms with Gasteiger partial charge in [0.2, 0.25) is 0 Å². The number of carbonyl (C=O) groups excluding carboxylic acids is 2. The number of benzene rings is 8. The van der Waals surface area contributed by atoms with Crippen LogP contribution in [0.4, 0.5) is 35.1 Å². The second kappa shape index (κ2) is 45.7. The monoisotopic (exact) mass is 1770 g/mol. The second-order valence-electron chi connectivity index (χ2n) is 28.1. The normalized spacial score (nSPS) is 20.6. The number of carbonyl (C=O) groups is 4. The van der Waals surface area contributed by atoms with Crippen LogP contribution in [0.5, 0.6) is 46.0 Å². The number of fused-ring (bicyclic) bond motifs is 8. The van der Waals surface area contributed by atoms with Crippen molar-refractivity contribution in [3.8, 4) is 46.0 Å². The van der Waals surface area contributed by atoms with Crippen molar-refractivity contribution in [1.29, 1.82) is 0 Å². The van der Waals surface area contributed by atoms with E-state index in [0.717, 1.165) is 44.5 Å². The lowest BCUT2D eigenvalue weighted by Gasteiger charge is -2.28. The van der Waals surface area contributed by atoms with Crippen LogP contribution in [0.2, 0.25) is 0 Å². The largest absolute Gasteiger partial charge is 0.487 e. The molecule has 16 rings (SSSR count). The summed E-state index contributed by atoms with van der Waals surface area (Å²) in [5, 5.41) is 55.6. The Morgan fingerprint density at radius 3 is 0.602 bits per heavy atom. The third-order valence-corrected chi connectivity index (χ3v) is 21.5. The molecule has 8 aliphatic rings. The van der Waals surface area contributed by atoms with E-state index in [0.29, 0.717) is 149 Å². The molecule has 0 unspecified atom stereocenters. The standard InChI is InChI=1S/4C11H12ClFO2.2C11H10ClFO2.2C10H9FO3/c6*12-6-9(14)11-3-1-7-5-8(13)2-4-10(7)15-11;2*11-7-2-4-8-6(5-7)1-3-9(14-8)10(12)13/h4*2,4-5,9,11,14H,1,3,6H2;2*2,4-5,11H,1,3,6H2;2*2,4-5,9H,1,3H2,(H,12,13)/t9-,11+;3*9-,11-;2*11-;2*9-/m11101010/s1. The average molecular weight is 1770 g/mol. The molecule has 0 saturated heterocycles. The topological polar surface area (TPSA) is 263 Å². The summed E-state index contributed by atoms with van der Waals surface area (Å²) in [7, 11) is 0. The van der Waals surface area contributed by atoms with Crippen LogP contribution >= 0.6 is 69.6 Å². The smallest absolute Gasteiger partial charge is 0.344 e. The van der Waals surface area contributed by atoms with Crippen LogP contribution < -0.4 is 37.9 Å². The number of aliphatic carboxylic acids is 2. The Balaban J connectivity index is 0.000000154. The van der Waals surface area contributed by atoms with Crippen LogP contribution in [0.15, 0.2) is 146 Å². The first-order chi connectivity index (χ1) is 56.5. The van der Waals surface area contributed by atoms with Gasteiger partial charge in [0.15, 0.2) is 36.0 Å². The van der Waals surface area contributed by atoms with Gasteiger partial charge in [-0.2, -0.15) is 0 Å². The lowest BCUT2D eigenvalue weighted by Crippen LogP contribution is -2.36. The zero-order valence-electron chi connectivity index (χ0n) is 63.2. The fourth-order valence-corrected chi connectivity index (χ4v) is 14.5. The Morgan fingerprint density at radius 1 is 0.271 bits per heavy atom. The number of rotatable bonds is 14. The van der Waals surface area contributed by atoms with Crippen molar-refractivity contribution in [3.63, 3.8) is 0 Å². The maximum atomic E-state index is 12.9. The lowest BCUT2D eigenvalue weighted by molar-refractivity contribution is -0.146. The van der Waals surface area contributed by atoms with Gasteiger partial charge in [-0.25, -0.2) is 44.7 Å². The molecule has 0 amide bonds. The Kier molecular flexibility index (Phi) is 36.2. The molecule has 0 spiro atoms. The lowest BCUT2D eigenvalue weighted by atomic mass is 9.99. The van der Waals surface area contributed by atoms with Gasteiger partial charge in [0.1, 0.15) is 141 Å². The van der Waals surface area contributed by atoms with Crippen molar-refractivity contribution in [2.45, 2.75) is 176 Å². The Hall–Kier alpha value is -8.54. The summed E-state index contributed by atoms with van der Waals surface area (Å²) in [5.74, 6) is 0.867. The molecule has 0 radical (unpaired) electrons. The average Bonchev–Trinajstić information content (AvgIpc) is 0.861. The quantitative estimate of drug-likeness (QED) is 0.0436. The summed E-state index contributed by atoms with van der Waals surface area (Å²) in [6.45, 7) is 0. The predicted molar refractivity (Wildman–Crippen MR) is 427 cm³/mol. The Morgan fingerprint density at radius 2 is 0.432 bits per heavy atom. The minimum absolute atomic E-state index is 0.0405. The predicted octanol–water partition coefficient (Wildman–Crippen LogP) is 16.3. The molecule has 8 heterocycles. The number of aliphatic hydroxyl groups excluding tert-OH is 4. The van der Waals surface area contributed by atoms with E-state index in [-0.39, 0.29) is 118 Å². The maximum absolute atomic E-state index is 12.9. The number of alkyl halides is 6. The van der Waals surface area contributed by atoms with Crippen molar-refractivity contribution in [3.05, 3.63) is 237 Å².